The third-order valence-corrected chi connectivity index (χ3v) is 4.86. The van der Waals surface area contributed by atoms with Crippen molar-refractivity contribution in [3.63, 3.8) is 0 Å². The number of thiazole rings is 1. The van der Waals surface area contributed by atoms with E-state index in [9.17, 15) is 9.59 Å². The number of hydrogen-bond acceptors (Lipinski definition) is 5. The number of rotatable bonds is 5. The Morgan fingerprint density at radius 1 is 1.24 bits per heavy atom. The van der Waals surface area contributed by atoms with Crippen molar-refractivity contribution >= 4 is 39.9 Å². The highest BCUT2D eigenvalue weighted by atomic mass is 32.1. The van der Waals surface area contributed by atoms with Crippen molar-refractivity contribution in [3.05, 3.63) is 29.9 Å². The Balaban J connectivity index is 1.76. The number of carbonyl (C=O) groups excluding carboxylic acids is 2. The second-order valence-corrected chi connectivity index (χ2v) is 7.01. The molecule has 25 heavy (non-hydrogen) atoms. The number of aromatic nitrogens is 2. The maximum atomic E-state index is 12.7. The molecule has 1 aliphatic carbocycles. The van der Waals surface area contributed by atoms with Gasteiger partial charge in [-0.25, -0.2) is 14.8 Å². The predicted octanol–water partition coefficient (Wildman–Crippen LogP) is 3.73. The Labute approximate surface area is 150 Å². The number of anilines is 3. The van der Waals surface area contributed by atoms with Crippen LogP contribution in [0.25, 0.3) is 0 Å². The Kier molecular flexibility index (Phi) is 5.60. The second kappa shape index (κ2) is 8.06. The average molecular weight is 359 g/mol. The number of hydrogen-bond donors (Lipinski definition) is 2. The van der Waals surface area contributed by atoms with Crippen LogP contribution in [0.15, 0.2) is 29.9 Å². The summed E-state index contributed by atoms with van der Waals surface area (Å²) in [5.41, 5.74) is 0.704. The van der Waals surface area contributed by atoms with E-state index in [-0.39, 0.29) is 11.9 Å². The summed E-state index contributed by atoms with van der Waals surface area (Å²) in [7, 11) is 0. The summed E-state index contributed by atoms with van der Waals surface area (Å²) in [5, 5.41) is 7.86. The lowest BCUT2D eigenvalue weighted by Gasteiger charge is -2.25. The number of urea groups is 1. The lowest BCUT2D eigenvalue weighted by atomic mass is 10.1. The van der Waals surface area contributed by atoms with Gasteiger partial charge in [0.2, 0.25) is 5.91 Å². The summed E-state index contributed by atoms with van der Waals surface area (Å²) in [4.78, 5) is 33.9. The van der Waals surface area contributed by atoms with Gasteiger partial charge in [0.1, 0.15) is 5.82 Å². The normalized spacial score (nSPS) is 14.3. The zero-order valence-corrected chi connectivity index (χ0v) is 14.9. The van der Waals surface area contributed by atoms with Crippen LogP contribution in [0.5, 0.6) is 0 Å². The van der Waals surface area contributed by atoms with Crippen LogP contribution < -0.4 is 15.5 Å². The minimum atomic E-state index is -0.212. The third-order valence-electron chi connectivity index (χ3n) is 4.17. The van der Waals surface area contributed by atoms with Gasteiger partial charge >= 0.3 is 6.03 Å². The second-order valence-electron chi connectivity index (χ2n) is 6.11. The van der Waals surface area contributed by atoms with Crippen molar-refractivity contribution in [1.29, 1.82) is 0 Å². The fraction of sp³-hybridized carbons (Fsp3) is 0.412. The maximum absolute atomic E-state index is 12.7. The van der Waals surface area contributed by atoms with E-state index < -0.39 is 0 Å². The minimum absolute atomic E-state index is 0.176. The summed E-state index contributed by atoms with van der Waals surface area (Å²) >= 11 is 1.38. The van der Waals surface area contributed by atoms with Crippen LogP contribution in [0.4, 0.5) is 21.4 Å². The van der Waals surface area contributed by atoms with Gasteiger partial charge in [-0.2, -0.15) is 0 Å². The first-order valence-corrected chi connectivity index (χ1v) is 9.21. The lowest BCUT2D eigenvalue weighted by Crippen LogP contribution is -2.38. The zero-order valence-electron chi connectivity index (χ0n) is 14.1. The van der Waals surface area contributed by atoms with Gasteiger partial charge in [0.15, 0.2) is 5.13 Å². The van der Waals surface area contributed by atoms with Crippen molar-refractivity contribution < 1.29 is 9.59 Å². The van der Waals surface area contributed by atoms with E-state index in [2.05, 4.69) is 20.6 Å². The summed E-state index contributed by atoms with van der Waals surface area (Å²) in [5.74, 6) is 0.791. The molecule has 1 saturated carbocycles. The first-order valence-electron chi connectivity index (χ1n) is 8.33. The first kappa shape index (κ1) is 17.3. The molecule has 8 heteroatoms. The highest BCUT2D eigenvalue weighted by molar-refractivity contribution is 7.13. The number of amides is 3. The Morgan fingerprint density at radius 2 is 2.04 bits per heavy atom. The number of pyridine rings is 1. The molecule has 2 N–H and O–H groups in total. The van der Waals surface area contributed by atoms with E-state index in [1.54, 1.807) is 29.4 Å². The molecule has 3 amide bonds. The molecular formula is C17H21N5O2S. The summed E-state index contributed by atoms with van der Waals surface area (Å²) in [6.07, 6.45) is 7.97. The highest BCUT2D eigenvalue weighted by Crippen LogP contribution is 2.28. The van der Waals surface area contributed by atoms with Gasteiger partial charge in [-0.1, -0.05) is 12.8 Å². The van der Waals surface area contributed by atoms with E-state index in [1.807, 2.05) is 5.38 Å². The van der Waals surface area contributed by atoms with Crippen LogP contribution in [-0.2, 0) is 4.79 Å². The molecule has 7 nitrogen and oxygen atoms in total. The molecule has 0 unspecified atom stereocenters. The number of nitrogens with one attached hydrogen (secondary N) is 2. The quantitative estimate of drug-likeness (QED) is 0.851. The number of nitrogens with zero attached hydrogens (tertiary/aromatic N) is 3. The van der Waals surface area contributed by atoms with Crippen LogP contribution in [-0.4, -0.2) is 28.5 Å². The maximum Gasteiger partial charge on any atom is 0.328 e. The van der Waals surface area contributed by atoms with Crippen LogP contribution in [0.2, 0.25) is 0 Å². The molecular weight excluding hydrogens is 338 g/mol. The smallest absolute Gasteiger partial charge is 0.311 e. The number of carbonyl (C=O) groups is 2. The molecule has 0 bridgehead atoms. The largest absolute Gasteiger partial charge is 0.328 e. The lowest BCUT2D eigenvalue weighted by molar-refractivity contribution is -0.114. The molecule has 1 aliphatic rings. The molecule has 2 aromatic heterocycles. The molecule has 2 heterocycles. The molecule has 0 saturated heterocycles. The van der Waals surface area contributed by atoms with E-state index in [0.717, 1.165) is 12.8 Å². The van der Waals surface area contributed by atoms with Crippen molar-refractivity contribution in [3.8, 4) is 0 Å². The first-order chi connectivity index (χ1) is 12.1. The molecule has 0 spiro atoms. The van der Waals surface area contributed by atoms with Crippen LogP contribution in [0, 0.1) is 5.92 Å². The summed E-state index contributed by atoms with van der Waals surface area (Å²) in [6.45, 7) is 2.09. The van der Waals surface area contributed by atoms with Crippen molar-refractivity contribution in [2.75, 3.05) is 22.1 Å². The Morgan fingerprint density at radius 3 is 2.64 bits per heavy atom. The third kappa shape index (κ3) is 4.76. The summed E-state index contributed by atoms with van der Waals surface area (Å²) in [6, 6.07) is 3.29. The molecule has 0 atom stereocenters. The standard InChI is InChI=1S/C17H21N5O2S/c1-12(23)20-15-7-6-14(10-19-15)22(11-13-4-2-3-5-13)17(24)21-16-18-8-9-25-16/h6-10,13H,2-5,11H2,1H3,(H,18,21,24)(H,19,20,23). The minimum Gasteiger partial charge on any atom is -0.311 e. The van der Waals surface area contributed by atoms with Gasteiger partial charge in [0, 0.05) is 25.0 Å². The Hall–Kier alpha value is -2.48. The van der Waals surface area contributed by atoms with E-state index in [0.29, 0.717) is 29.1 Å². The molecule has 3 rings (SSSR count). The van der Waals surface area contributed by atoms with Gasteiger partial charge in [-0.3, -0.25) is 15.0 Å². The van der Waals surface area contributed by atoms with E-state index in [4.69, 9.17) is 0 Å². The SMILES string of the molecule is CC(=O)Nc1ccc(N(CC2CCCC2)C(=O)Nc2nccs2)cn1. The summed E-state index contributed by atoms with van der Waals surface area (Å²) < 4.78 is 0. The Bertz CT molecular complexity index is 711. The van der Waals surface area contributed by atoms with Crippen molar-refractivity contribution in [2.24, 2.45) is 5.92 Å². The van der Waals surface area contributed by atoms with Gasteiger partial charge in [-0.05, 0) is 30.9 Å². The topological polar surface area (TPSA) is 87.2 Å². The predicted molar refractivity (Wildman–Crippen MR) is 99.0 cm³/mol. The van der Waals surface area contributed by atoms with Gasteiger partial charge in [0.05, 0.1) is 11.9 Å². The fourth-order valence-corrected chi connectivity index (χ4v) is 3.52. The zero-order chi connectivity index (χ0) is 17.6. The van der Waals surface area contributed by atoms with Crippen LogP contribution in [0.1, 0.15) is 32.6 Å². The molecule has 132 valence electrons. The van der Waals surface area contributed by atoms with Crippen molar-refractivity contribution in [2.45, 2.75) is 32.6 Å². The van der Waals surface area contributed by atoms with Crippen LogP contribution >= 0.6 is 11.3 Å². The molecule has 0 aromatic carbocycles. The van der Waals surface area contributed by atoms with E-state index >= 15 is 0 Å². The van der Waals surface area contributed by atoms with Gasteiger partial charge in [0.25, 0.3) is 0 Å². The molecule has 1 fully saturated rings. The van der Waals surface area contributed by atoms with Gasteiger partial charge < -0.3 is 5.32 Å². The van der Waals surface area contributed by atoms with Crippen LogP contribution in [0.3, 0.4) is 0 Å². The van der Waals surface area contributed by atoms with E-state index in [1.165, 1.54) is 31.1 Å². The highest BCUT2D eigenvalue weighted by Gasteiger charge is 2.24. The molecule has 0 radical (unpaired) electrons. The fourth-order valence-electron chi connectivity index (χ4n) is 3.00. The molecule has 0 aliphatic heterocycles. The average Bonchev–Trinajstić information content (AvgIpc) is 3.26. The molecule has 2 aromatic rings. The van der Waals surface area contributed by atoms with Crippen molar-refractivity contribution in [1.82, 2.24) is 9.97 Å². The van der Waals surface area contributed by atoms with Gasteiger partial charge in [-0.15, -0.1) is 11.3 Å². The monoisotopic (exact) mass is 359 g/mol.